The molecule has 0 amide bonds. The Kier molecular flexibility index (Phi) is 3.17. The molecule has 1 aliphatic carbocycles. The van der Waals surface area contributed by atoms with E-state index in [1.54, 1.807) is 11.3 Å². The van der Waals surface area contributed by atoms with E-state index in [-0.39, 0.29) is 0 Å². The van der Waals surface area contributed by atoms with Gasteiger partial charge in [0, 0.05) is 6.42 Å². The van der Waals surface area contributed by atoms with Crippen molar-refractivity contribution in [1.29, 1.82) is 0 Å². The molecule has 0 aliphatic heterocycles. The van der Waals surface area contributed by atoms with Crippen molar-refractivity contribution in [3.05, 3.63) is 22.4 Å². The number of rotatable bonds is 2. The van der Waals surface area contributed by atoms with Crippen molar-refractivity contribution >= 4 is 11.3 Å². The van der Waals surface area contributed by atoms with Gasteiger partial charge in [-0.3, -0.25) is 0 Å². The van der Waals surface area contributed by atoms with Crippen LogP contribution in [0.25, 0.3) is 0 Å². The van der Waals surface area contributed by atoms with E-state index in [4.69, 9.17) is 0 Å². The summed E-state index contributed by atoms with van der Waals surface area (Å²) in [7, 11) is 0. The highest BCUT2D eigenvalue weighted by atomic mass is 32.1. The van der Waals surface area contributed by atoms with Crippen LogP contribution in [0.15, 0.2) is 16.8 Å². The van der Waals surface area contributed by atoms with Crippen LogP contribution >= 0.6 is 11.3 Å². The van der Waals surface area contributed by atoms with Gasteiger partial charge in [0.2, 0.25) is 0 Å². The highest BCUT2D eigenvalue weighted by molar-refractivity contribution is 7.07. The molecule has 1 fully saturated rings. The molecule has 1 nitrogen and oxygen atoms in total. The molecule has 1 aliphatic rings. The van der Waals surface area contributed by atoms with Crippen LogP contribution < -0.4 is 0 Å². The maximum absolute atomic E-state index is 10.6. The van der Waals surface area contributed by atoms with Crippen LogP contribution in [0.2, 0.25) is 0 Å². The molecular formula is C13H20OS. The Morgan fingerprint density at radius 1 is 1.40 bits per heavy atom. The SMILES string of the molecule is CC1CC(C)CC(O)(Cc2ccsc2)C1. The monoisotopic (exact) mass is 224 g/mol. The molecule has 1 aromatic rings. The molecule has 1 saturated carbocycles. The fraction of sp³-hybridized carbons (Fsp3) is 0.692. The van der Waals surface area contributed by atoms with Crippen molar-refractivity contribution in [2.75, 3.05) is 0 Å². The van der Waals surface area contributed by atoms with Crippen LogP contribution in [0.5, 0.6) is 0 Å². The average molecular weight is 224 g/mol. The van der Waals surface area contributed by atoms with Crippen molar-refractivity contribution in [2.45, 2.75) is 45.1 Å². The molecule has 0 spiro atoms. The second kappa shape index (κ2) is 4.26. The van der Waals surface area contributed by atoms with Crippen LogP contribution in [0.4, 0.5) is 0 Å². The van der Waals surface area contributed by atoms with Crippen molar-refractivity contribution in [3.8, 4) is 0 Å². The van der Waals surface area contributed by atoms with Crippen LogP contribution in [-0.2, 0) is 6.42 Å². The second-order valence-electron chi connectivity index (χ2n) is 5.39. The predicted octanol–water partition coefficient (Wildman–Crippen LogP) is 3.48. The van der Waals surface area contributed by atoms with Crippen LogP contribution in [0.1, 0.15) is 38.7 Å². The first-order valence-corrected chi connectivity index (χ1v) is 6.75. The zero-order valence-corrected chi connectivity index (χ0v) is 10.4. The van der Waals surface area contributed by atoms with E-state index in [1.165, 1.54) is 12.0 Å². The minimum atomic E-state index is -0.446. The lowest BCUT2D eigenvalue weighted by Gasteiger charge is -2.39. The Balaban J connectivity index is 2.05. The van der Waals surface area contributed by atoms with E-state index in [9.17, 15) is 5.11 Å². The first-order chi connectivity index (χ1) is 7.07. The van der Waals surface area contributed by atoms with E-state index in [1.807, 2.05) is 0 Å². The summed E-state index contributed by atoms with van der Waals surface area (Å²) in [5, 5.41) is 14.8. The van der Waals surface area contributed by atoms with Crippen LogP contribution in [0, 0.1) is 11.8 Å². The van der Waals surface area contributed by atoms with Gasteiger partial charge in [-0.25, -0.2) is 0 Å². The van der Waals surface area contributed by atoms with E-state index >= 15 is 0 Å². The van der Waals surface area contributed by atoms with Gasteiger partial charge < -0.3 is 5.11 Å². The first-order valence-electron chi connectivity index (χ1n) is 5.81. The summed E-state index contributed by atoms with van der Waals surface area (Å²) in [6.07, 6.45) is 4.04. The topological polar surface area (TPSA) is 20.2 Å². The molecule has 2 unspecified atom stereocenters. The number of hydrogen-bond acceptors (Lipinski definition) is 2. The Morgan fingerprint density at radius 3 is 2.60 bits per heavy atom. The van der Waals surface area contributed by atoms with E-state index < -0.39 is 5.60 Å². The molecule has 84 valence electrons. The zero-order valence-electron chi connectivity index (χ0n) is 9.57. The van der Waals surface area contributed by atoms with Gasteiger partial charge in [0.25, 0.3) is 0 Å². The molecule has 0 bridgehead atoms. The molecular weight excluding hydrogens is 204 g/mol. The smallest absolute Gasteiger partial charge is 0.0693 e. The van der Waals surface area contributed by atoms with E-state index in [2.05, 4.69) is 30.7 Å². The maximum Gasteiger partial charge on any atom is 0.0693 e. The molecule has 15 heavy (non-hydrogen) atoms. The minimum absolute atomic E-state index is 0.446. The van der Waals surface area contributed by atoms with Gasteiger partial charge in [-0.2, -0.15) is 11.3 Å². The normalized spacial score (nSPS) is 36.7. The summed E-state index contributed by atoms with van der Waals surface area (Å²) in [4.78, 5) is 0. The summed E-state index contributed by atoms with van der Waals surface area (Å²) in [6.45, 7) is 4.52. The summed E-state index contributed by atoms with van der Waals surface area (Å²) < 4.78 is 0. The summed E-state index contributed by atoms with van der Waals surface area (Å²) in [5.41, 5.74) is 0.849. The summed E-state index contributed by atoms with van der Waals surface area (Å²) >= 11 is 1.72. The number of thiophene rings is 1. The van der Waals surface area contributed by atoms with Crippen molar-refractivity contribution < 1.29 is 5.11 Å². The molecule has 1 N–H and O–H groups in total. The molecule has 0 radical (unpaired) electrons. The fourth-order valence-corrected chi connectivity index (χ4v) is 3.82. The predicted molar refractivity (Wildman–Crippen MR) is 65.2 cm³/mol. The average Bonchev–Trinajstić information content (AvgIpc) is 2.52. The molecule has 2 atom stereocenters. The van der Waals surface area contributed by atoms with Gasteiger partial charge in [0.15, 0.2) is 0 Å². The Morgan fingerprint density at radius 2 is 2.07 bits per heavy atom. The highest BCUT2D eigenvalue weighted by Gasteiger charge is 2.35. The second-order valence-corrected chi connectivity index (χ2v) is 6.17. The summed E-state index contributed by atoms with van der Waals surface area (Å²) in [6, 6.07) is 2.13. The van der Waals surface area contributed by atoms with Crippen LogP contribution in [0.3, 0.4) is 0 Å². The first kappa shape index (κ1) is 11.2. The maximum atomic E-state index is 10.6. The van der Waals surface area contributed by atoms with Crippen molar-refractivity contribution in [1.82, 2.24) is 0 Å². The molecule has 0 aromatic carbocycles. The lowest BCUT2D eigenvalue weighted by molar-refractivity contribution is -0.0303. The number of hydrogen-bond donors (Lipinski definition) is 1. The molecule has 2 rings (SSSR count). The lowest BCUT2D eigenvalue weighted by Crippen LogP contribution is -2.39. The van der Waals surface area contributed by atoms with Gasteiger partial charge in [0.1, 0.15) is 0 Å². The molecule has 1 heterocycles. The van der Waals surface area contributed by atoms with Gasteiger partial charge >= 0.3 is 0 Å². The highest BCUT2D eigenvalue weighted by Crippen LogP contribution is 2.38. The third kappa shape index (κ3) is 2.82. The minimum Gasteiger partial charge on any atom is -0.390 e. The standard InChI is InChI=1S/C13H20OS/c1-10-5-11(2)7-13(14,6-10)8-12-3-4-15-9-12/h3-4,9-11,14H,5-8H2,1-2H3. The van der Waals surface area contributed by atoms with Gasteiger partial charge in [0.05, 0.1) is 5.60 Å². The largest absolute Gasteiger partial charge is 0.390 e. The van der Waals surface area contributed by atoms with Crippen molar-refractivity contribution in [2.24, 2.45) is 11.8 Å². The van der Waals surface area contributed by atoms with Crippen molar-refractivity contribution in [3.63, 3.8) is 0 Å². The van der Waals surface area contributed by atoms with E-state index in [0.717, 1.165) is 19.3 Å². The Bertz CT molecular complexity index is 294. The molecule has 1 aromatic heterocycles. The quantitative estimate of drug-likeness (QED) is 0.815. The van der Waals surface area contributed by atoms with Crippen LogP contribution in [-0.4, -0.2) is 10.7 Å². The van der Waals surface area contributed by atoms with Gasteiger partial charge in [-0.05, 0) is 53.5 Å². The third-order valence-electron chi connectivity index (χ3n) is 3.37. The Hall–Kier alpha value is -0.340. The molecule has 2 heteroatoms. The number of aliphatic hydroxyl groups is 1. The van der Waals surface area contributed by atoms with Gasteiger partial charge in [-0.1, -0.05) is 13.8 Å². The lowest BCUT2D eigenvalue weighted by atomic mass is 9.71. The van der Waals surface area contributed by atoms with Gasteiger partial charge in [-0.15, -0.1) is 0 Å². The third-order valence-corrected chi connectivity index (χ3v) is 4.11. The molecule has 0 saturated heterocycles. The summed E-state index contributed by atoms with van der Waals surface area (Å²) in [5.74, 6) is 1.33. The fourth-order valence-electron chi connectivity index (χ4n) is 3.15. The Labute approximate surface area is 96.1 Å². The zero-order chi connectivity index (χ0) is 10.9. The van der Waals surface area contributed by atoms with E-state index in [0.29, 0.717) is 11.8 Å².